The predicted molar refractivity (Wildman–Crippen MR) is 133 cm³/mol. The normalized spacial score (nSPS) is 11.9. The lowest BCUT2D eigenvalue weighted by Gasteiger charge is -2.16. The number of carbonyl (C=O) groups is 1. The standard InChI is InChI=1S/C26H29N5O4/c1-15-10-12-20(13-11-15)30-17(3)22-16(2)28-31(26(33)23(22)29-30)18(4)25(32)27-14-19-8-7-9-21(34-5)24(19)35-6/h7-13,18H,14H2,1-6H3,(H,27,32)/t18-/m1/s1. The number of benzene rings is 2. The number of rotatable bonds is 7. The van der Waals surface area contributed by atoms with E-state index in [0.717, 1.165) is 22.5 Å². The first-order valence-corrected chi connectivity index (χ1v) is 11.3. The highest BCUT2D eigenvalue weighted by atomic mass is 16.5. The third kappa shape index (κ3) is 4.37. The summed E-state index contributed by atoms with van der Waals surface area (Å²) in [5, 5.41) is 12.6. The average Bonchev–Trinajstić information content (AvgIpc) is 3.22. The van der Waals surface area contributed by atoms with Crippen LogP contribution in [0.5, 0.6) is 11.5 Å². The topological polar surface area (TPSA) is 100 Å². The van der Waals surface area contributed by atoms with Gasteiger partial charge in [0.25, 0.3) is 5.56 Å². The molecule has 0 aliphatic heterocycles. The molecule has 0 saturated heterocycles. The van der Waals surface area contributed by atoms with Crippen LogP contribution in [0.2, 0.25) is 0 Å². The number of methoxy groups -OCH3 is 2. The molecule has 9 nitrogen and oxygen atoms in total. The Morgan fingerprint density at radius 1 is 1.03 bits per heavy atom. The molecule has 4 aromatic rings. The van der Waals surface area contributed by atoms with E-state index in [-0.39, 0.29) is 18.0 Å². The average molecular weight is 476 g/mol. The fourth-order valence-electron chi connectivity index (χ4n) is 4.18. The van der Waals surface area contributed by atoms with Crippen molar-refractivity contribution in [3.63, 3.8) is 0 Å². The summed E-state index contributed by atoms with van der Waals surface area (Å²) in [4.78, 5) is 26.3. The number of aryl methyl sites for hydroxylation is 3. The second-order valence-corrected chi connectivity index (χ2v) is 8.44. The summed E-state index contributed by atoms with van der Waals surface area (Å²) in [7, 11) is 3.10. The Balaban J connectivity index is 1.64. The number of aromatic nitrogens is 4. The molecule has 2 aromatic carbocycles. The first-order chi connectivity index (χ1) is 16.8. The van der Waals surface area contributed by atoms with Crippen LogP contribution in [0.4, 0.5) is 0 Å². The Labute approximate surface area is 203 Å². The van der Waals surface area contributed by atoms with E-state index in [1.807, 2.05) is 57.2 Å². The minimum absolute atomic E-state index is 0.209. The Morgan fingerprint density at radius 3 is 2.40 bits per heavy atom. The van der Waals surface area contributed by atoms with Crippen molar-refractivity contribution in [2.24, 2.45) is 0 Å². The van der Waals surface area contributed by atoms with Crippen LogP contribution < -0.4 is 20.3 Å². The van der Waals surface area contributed by atoms with E-state index in [1.54, 1.807) is 31.9 Å². The van der Waals surface area contributed by atoms with Gasteiger partial charge >= 0.3 is 0 Å². The SMILES string of the molecule is COc1cccc(CNC(=O)[C@@H](C)n2nc(C)c3c(C)n(-c4ccc(C)cc4)nc3c2=O)c1OC. The van der Waals surface area contributed by atoms with Crippen LogP contribution in [-0.4, -0.2) is 39.7 Å². The number of nitrogens with one attached hydrogen (secondary N) is 1. The highest BCUT2D eigenvalue weighted by Crippen LogP contribution is 2.30. The van der Waals surface area contributed by atoms with Gasteiger partial charge in [-0.1, -0.05) is 29.8 Å². The molecule has 35 heavy (non-hydrogen) atoms. The Hall–Kier alpha value is -4.14. The van der Waals surface area contributed by atoms with Gasteiger partial charge in [0.05, 0.1) is 36.7 Å². The van der Waals surface area contributed by atoms with Gasteiger partial charge in [0.15, 0.2) is 17.0 Å². The van der Waals surface area contributed by atoms with Crippen molar-refractivity contribution in [2.45, 2.75) is 40.3 Å². The molecule has 0 fully saturated rings. The quantitative estimate of drug-likeness (QED) is 0.440. The lowest BCUT2D eigenvalue weighted by Crippen LogP contribution is -2.37. The summed E-state index contributed by atoms with van der Waals surface area (Å²) >= 11 is 0. The molecule has 0 aliphatic rings. The maximum atomic E-state index is 13.3. The van der Waals surface area contributed by atoms with E-state index >= 15 is 0 Å². The number of para-hydroxylation sites is 1. The molecule has 0 radical (unpaired) electrons. The Morgan fingerprint density at radius 2 is 1.74 bits per heavy atom. The minimum atomic E-state index is -0.841. The number of hydrogen-bond acceptors (Lipinski definition) is 6. The van der Waals surface area contributed by atoms with Crippen molar-refractivity contribution in [3.05, 3.63) is 75.3 Å². The molecule has 9 heteroatoms. The van der Waals surface area contributed by atoms with Crippen LogP contribution in [0.1, 0.15) is 35.5 Å². The lowest BCUT2D eigenvalue weighted by atomic mass is 10.1. The van der Waals surface area contributed by atoms with Gasteiger partial charge in [-0.05, 0) is 45.9 Å². The molecule has 1 N–H and O–H groups in total. The molecular weight excluding hydrogens is 446 g/mol. The summed E-state index contributed by atoms with van der Waals surface area (Å²) in [6.45, 7) is 7.59. The fourth-order valence-corrected chi connectivity index (χ4v) is 4.18. The monoisotopic (exact) mass is 475 g/mol. The van der Waals surface area contributed by atoms with Crippen LogP contribution in [0.15, 0.2) is 47.3 Å². The second kappa shape index (κ2) is 9.61. The molecule has 182 valence electrons. The van der Waals surface area contributed by atoms with Crippen molar-refractivity contribution in [1.82, 2.24) is 24.9 Å². The van der Waals surface area contributed by atoms with Crippen molar-refractivity contribution in [2.75, 3.05) is 14.2 Å². The van der Waals surface area contributed by atoms with Crippen LogP contribution in [-0.2, 0) is 11.3 Å². The largest absolute Gasteiger partial charge is 0.493 e. The van der Waals surface area contributed by atoms with Crippen LogP contribution in [0, 0.1) is 20.8 Å². The molecule has 0 aliphatic carbocycles. The zero-order valence-electron chi connectivity index (χ0n) is 20.7. The Kier molecular flexibility index (Phi) is 6.59. The first kappa shape index (κ1) is 24.0. The number of nitrogens with zero attached hydrogens (tertiary/aromatic N) is 4. The Bertz CT molecular complexity index is 1450. The molecule has 0 bridgehead atoms. The number of carbonyl (C=O) groups excluding carboxylic acids is 1. The number of fused-ring (bicyclic) bond motifs is 1. The third-order valence-electron chi connectivity index (χ3n) is 6.11. The summed E-state index contributed by atoms with van der Waals surface area (Å²) in [5.41, 5.74) is 4.06. The minimum Gasteiger partial charge on any atom is -0.493 e. The molecule has 1 atom stereocenters. The maximum absolute atomic E-state index is 13.3. The van der Waals surface area contributed by atoms with Crippen molar-refractivity contribution >= 4 is 16.8 Å². The van der Waals surface area contributed by atoms with Crippen LogP contribution in [0.25, 0.3) is 16.6 Å². The molecule has 0 saturated carbocycles. The number of ether oxygens (including phenoxy) is 2. The van der Waals surface area contributed by atoms with Gasteiger partial charge in [0, 0.05) is 12.1 Å². The van der Waals surface area contributed by atoms with E-state index in [9.17, 15) is 9.59 Å². The molecule has 2 heterocycles. The molecule has 0 spiro atoms. The van der Waals surface area contributed by atoms with Gasteiger partial charge < -0.3 is 14.8 Å². The van der Waals surface area contributed by atoms with Crippen LogP contribution >= 0.6 is 0 Å². The zero-order valence-corrected chi connectivity index (χ0v) is 20.7. The highest BCUT2D eigenvalue weighted by molar-refractivity contribution is 5.84. The van der Waals surface area contributed by atoms with E-state index in [2.05, 4.69) is 15.5 Å². The van der Waals surface area contributed by atoms with E-state index in [4.69, 9.17) is 9.47 Å². The fraction of sp³-hybridized carbons (Fsp3) is 0.308. The van der Waals surface area contributed by atoms with Crippen molar-refractivity contribution in [1.29, 1.82) is 0 Å². The maximum Gasteiger partial charge on any atom is 0.295 e. The second-order valence-electron chi connectivity index (χ2n) is 8.44. The molecule has 4 rings (SSSR count). The van der Waals surface area contributed by atoms with Gasteiger partial charge in [-0.25, -0.2) is 9.36 Å². The van der Waals surface area contributed by atoms with Gasteiger partial charge in [-0.3, -0.25) is 9.59 Å². The molecule has 1 amide bonds. The van der Waals surface area contributed by atoms with E-state index < -0.39 is 11.6 Å². The van der Waals surface area contributed by atoms with Crippen LogP contribution in [0.3, 0.4) is 0 Å². The highest BCUT2D eigenvalue weighted by Gasteiger charge is 2.23. The first-order valence-electron chi connectivity index (χ1n) is 11.3. The zero-order chi connectivity index (χ0) is 25.3. The van der Waals surface area contributed by atoms with Gasteiger partial charge in [-0.2, -0.15) is 10.2 Å². The molecule has 2 aromatic heterocycles. The summed E-state index contributed by atoms with van der Waals surface area (Å²) < 4.78 is 13.7. The van der Waals surface area contributed by atoms with E-state index in [1.165, 1.54) is 4.68 Å². The van der Waals surface area contributed by atoms with E-state index in [0.29, 0.717) is 22.6 Å². The lowest BCUT2D eigenvalue weighted by molar-refractivity contribution is -0.124. The third-order valence-corrected chi connectivity index (χ3v) is 6.11. The smallest absolute Gasteiger partial charge is 0.295 e. The predicted octanol–water partition coefficient (Wildman–Crippen LogP) is 3.40. The van der Waals surface area contributed by atoms with Crippen molar-refractivity contribution < 1.29 is 14.3 Å². The molecular formula is C26H29N5O4. The van der Waals surface area contributed by atoms with Gasteiger partial charge in [-0.15, -0.1) is 0 Å². The summed E-state index contributed by atoms with van der Waals surface area (Å²) in [6.07, 6.45) is 0. The molecule has 0 unspecified atom stereocenters. The van der Waals surface area contributed by atoms with Gasteiger partial charge in [0.1, 0.15) is 6.04 Å². The summed E-state index contributed by atoms with van der Waals surface area (Å²) in [5.74, 6) is 0.774. The number of amides is 1. The van der Waals surface area contributed by atoms with Crippen molar-refractivity contribution in [3.8, 4) is 17.2 Å². The summed E-state index contributed by atoms with van der Waals surface area (Å²) in [6, 6.07) is 12.5. The number of hydrogen-bond donors (Lipinski definition) is 1. The van der Waals surface area contributed by atoms with Gasteiger partial charge in [0.2, 0.25) is 5.91 Å².